The third kappa shape index (κ3) is 24.2. The van der Waals surface area contributed by atoms with Crippen LogP contribution in [-0.2, 0) is 66.7 Å². The molecule has 5 atom stereocenters. The number of aliphatic hydroxyl groups is 2. The fourth-order valence-corrected chi connectivity index (χ4v) is 11.4. The molecule has 0 bridgehead atoms. The zero-order valence-electron chi connectivity index (χ0n) is 53.6. The molecule has 0 spiro atoms. The molecule has 5 unspecified atom stereocenters. The summed E-state index contributed by atoms with van der Waals surface area (Å²) < 4.78 is 48.7. The first-order valence-corrected chi connectivity index (χ1v) is 33.0. The molecule has 2 saturated heterocycles. The number of pyridine rings is 1. The van der Waals surface area contributed by atoms with Gasteiger partial charge < -0.3 is 73.4 Å². The van der Waals surface area contributed by atoms with Crippen LogP contribution in [0.4, 0.5) is 10.6 Å². The van der Waals surface area contributed by atoms with E-state index in [2.05, 4.69) is 25.8 Å². The number of methoxy groups -OCH3 is 2. The third-order valence-electron chi connectivity index (χ3n) is 15.8. The van der Waals surface area contributed by atoms with E-state index >= 15 is 0 Å². The van der Waals surface area contributed by atoms with Gasteiger partial charge in [-0.05, 0) is 94.4 Å². The molecule has 28 heteroatoms. The van der Waals surface area contributed by atoms with Crippen molar-refractivity contribution >= 4 is 87.2 Å². The number of Topliss-reactive ketones (excluding diaryl/α,β-unsaturated/α-hetero) is 1. The fourth-order valence-electron chi connectivity index (χ4n) is 10.4. The number of thioether (sulfide) groups is 1. The summed E-state index contributed by atoms with van der Waals surface area (Å²) in [5.74, 6) is 1.02. The van der Waals surface area contributed by atoms with Gasteiger partial charge in [0.2, 0.25) is 29.3 Å². The quantitative estimate of drug-likeness (QED) is 0.0150. The molecule has 5 N–H and O–H groups in total. The number of benzene rings is 1. The molecule has 92 heavy (non-hydrogen) atoms. The minimum atomic E-state index is -0.772. The second-order valence-electron chi connectivity index (χ2n) is 22.4. The number of carbonyl (C=O) groups excluding carboxylic acids is 8. The first-order valence-electron chi connectivity index (χ1n) is 32.0. The Bertz CT molecular complexity index is 2990. The normalized spacial score (nSPS) is 17.9. The van der Waals surface area contributed by atoms with Gasteiger partial charge in [-0.2, -0.15) is 0 Å². The molecular weight excluding hydrogens is 1220 g/mol. The van der Waals surface area contributed by atoms with E-state index < -0.39 is 48.1 Å². The maximum absolute atomic E-state index is 12.8. The van der Waals surface area contributed by atoms with Crippen LogP contribution in [0.25, 0.3) is 33.6 Å². The Morgan fingerprint density at radius 3 is 1.97 bits per heavy atom. The summed E-state index contributed by atoms with van der Waals surface area (Å²) in [4.78, 5) is 116. The van der Waals surface area contributed by atoms with Crippen molar-refractivity contribution in [1.29, 1.82) is 0 Å². The zero-order valence-corrected chi connectivity index (χ0v) is 54.4. The number of likely N-dealkylation sites (tertiary alicyclic amines) is 1. The summed E-state index contributed by atoms with van der Waals surface area (Å²) in [6, 6.07) is 10.8. The summed E-state index contributed by atoms with van der Waals surface area (Å²) >= 11 is 1.37. The number of carbonyl (C=O) groups is 8. The lowest BCUT2D eigenvalue weighted by atomic mass is 9.79. The lowest BCUT2D eigenvalue weighted by molar-refractivity contribution is -0.194. The number of ketones is 1. The zero-order chi connectivity index (χ0) is 66.2. The van der Waals surface area contributed by atoms with Crippen LogP contribution in [0.15, 0.2) is 47.0 Å². The number of aromatic nitrogens is 3. The molecule has 1 saturated carbocycles. The van der Waals surface area contributed by atoms with Crippen LogP contribution in [0.2, 0.25) is 0 Å². The number of nitrogens with zero attached hydrogens (tertiary/aromatic N) is 5. The summed E-state index contributed by atoms with van der Waals surface area (Å²) in [5, 5.41) is 27.1. The second-order valence-corrected chi connectivity index (χ2v) is 23.7. The second kappa shape index (κ2) is 40.2. The molecule has 508 valence electrons. The Kier molecular flexibility index (Phi) is 32.4. The van der Waals surface area contributed by atoms with Crippen LogP contribution in [0.3, 0.4) is 0 Å². The molecule has 4 aromatic rings. The molecule has 5 heterocycles. The lowest BCUT2D eigenvalue weighted by Crippen LogP contribution is -2.37. The number of rotatable bonds is 38. The smallest absolute Gasteiger partial charge is 0.412 e. The van der Waals surface area contributed by atoms with E-state index in [9.17, 15) is 48.6 Å². The van der Waals surface area contributed by atoms with Gasteiger partial charge in [0.25, 0.3) is 0 Å². The van der Waals surface area contributed by atoms with E-state index in [0.717, 1.165) is 31.1 Å². The number of amides is 5. The minimum Gasteiger partial charge on any atom is -0.460 e. The number of anilines is 1. The number of nitrogens with one attached hydrogen (secondary N) is 3. The van der Waals surface area contributed by atoms with Crippen LogP contribution in [-0.4, -0.2) is 206 Å². The Morgan fingerprint density at radius 1 is 0.750 bits per heavy atom. The molecule has 5 amide bonds. The van der Waals surface area contributed by atoms with E-state index in [4.69, 9.17) is 52.3 Å². The van der Waals surface area contributed by atoms with Gasteiger partial charge in [0.15, 0.2) is 29.8 Å². The largest absolute Gasteiger partial charge is 0.460 e. The first-order chi connectivity index (χ1) is 44.6. The monoisotopic (exact) mass is 1310 g/mol. The fraction of sp³-hybridized carbons (Fsp3) is 0.641. The summed E-state index contributed by atoms with van der Waals surface area (Å²) in [6.07, 6.45) is 6.43. The van der Waals surface area contributed by atoms with Crippen molar-refractivity contribution in [3.8, 4) is 17.1 Å². The molecule has 3 aliphatic rings. The van der Waals surface area contributed by atoms with Crippen molar-refractivity contribution in [2.75, 3.05) is 104 Å². The Morgan fingerprint density at radius 2 is 1.37 bits per heavy atom. The number of aliphatic hydroxyl groups excluding tert-OH is 2. The van der Waals surface area contributed by atoms with Gasteiger partial charge in [-0.1, -0.05) is 32.9 Å². The molecule has 3 aromatic heterocycles. The third-order valence-corrected chi connectivity index (χ3v) is 17.0. The van der Waals surface area contributed by atoms with Gasteiger partial charge in [0.05, 0.1) is 49.3 Å². The van der Waals surface area contributed by atoms with Crippen LogP contribution in [0.1, 0.15) is 124 Å². The van der Waals surface area contributed by atoms with Gasteiger partial charge in [0, 0.05) is 115 Å². The molecular formula is C64H92N8O19S. The van der Waals surface area contributed by atoms with Crippen molar-refractivity contribution in [2.45, 2.75) is 154 Å². The molecule has 7 rings (SSSR count). The standard InChI is InChI=1S/C36H46N6O10.C28H46N2O9S/c1-3-25(22-43)50-30(47-2)23-49-29(45)13-7-12-28(44)37-14-4-5-15-39-36(46)51-26-10-6-9-24(21-26)33-40-31-27-11-8-16-38-35(27)52-32(31)34(41-33)42-17-19-48-20-18-42;1-4-21(17-31)39-27(37-3)18-38-26(35)8-6-7-24(33)29-13-14-40-23-15-25(34)30(28(23)36)16-19-9-11-20(12-10-19)22(32)5-2/h6,8-11,16,21,25,30,43H,3-5,7,12-15,17-20,22-23H2,1-2H3,(H,37,44)(H,39,46);19-21,23,27,31H,4-18H2,1-3H3,(H,29,33). The van der Waals surface area contributed by atoms with Crippen LogP contribution < -0.4 is 25.6 Å². The highest BCUT2D eigenvalue weighted by Gasteiger charge is 2.40. The number of esters is 2. The van der Waals surface area contributed by atoms with E-state index in [1.165, 1.54) is 30.9 Å². The molecule has 27 nitrogen and oxygen atoms in total. The Balaban J connectivity index is 0.000000303. The highest BCUT2D eigenvalue weighted by molar-refractivity contribution is 8.00. The van der Waals surface area contributed by atoms with Crippen LogP contribution >= 0.6 is 11.8 Å². The van der Waals surface area contributed by atoms with E-state index in [-0.39, 0.29) is 94.0 Å². The number of imide groups is 1. The van der Waals surface area contributed by atoms with E-state index in [1.54, 1.807) is 24.4 Å². The summed E-state index contributed by atoms with van der Waals surface area (Å²) in [5.41, 5.74) is 2.36. The number of fused-ring (bicyclic) bond motifs is 3. The topological polar surface area (TPSA) is 345 Å². The highest BCUT2D eigenvalue weighted by atomic mass is 32.2. The molecule has 1 aliphatic carbocycles. The maximum Gasteiger partial charge on any atom is 0.412 e. The number of ether oxygens (including phenoxy) is 8. The van der Waals surface area contributed by atoms with Crippen molar-refractivity contribution < 1.29 is 90.9 Å². The summed E-state index contributed by atoms with van der Waals surface area (Å²) in [6.45, 7) is 9.14. The van der Waals surface area contributed by atoms with Crippen LogP contribution in [0, 0.1) is 11.8 Å². The Labute approximate surface area is 540 Å². The van der Waals surface area contributed by atoms with E-state index in [0.29, 0.717) is 149 Å². The van der Waals surface area contributed by atoms with Crippen LogP contribution in [0.5, 0.6) is 5.75 Å². The number of hydrogen-bond donors (Lipinski definition) is 5. The predicted molar refractivity (Wildman–Crippen MR) is 339 cm³/mol. The Hall–Kier alpha value is -6.92. The molecule has 2 aliphatic heterocycles. The maximum atomic E-state index is 12.8. The number of furan rings is 1. The predicted octanol–water partition coefficient (Wildman–Crippen LogP) is 5.96. The van der Waals surface area contributed by atoms with Gasteiger partial charge in [-0.3, -0.25) is 38.5 Å². The first kappa shape index (κ1) is 74.1. The van der Waals surface area contributed by atoms with Crippen molar-refractivity contribution in [1.82, 2.24) is 35.8 Å². The van der Waals surface area contributed by atoms with Crippen molar-refractivity contribution in [3.05, 3.63) is 42.6 Å². The average Bonchev–Trinajstić information content (AvgIpc) is 1.58. The molecule has 3 fully saturated rings. The highest BCUT2D eigenvalue weighted by Crippen LogP contribution is 2.36. The number of hydrogen-bond acceptors (Lipinski definition) is 24. The van der Waals surface area contributed by atoms with E-state index in [1.807, 2.05) is 39.0 Å². The minimum absolute atomic E-state index is 0.0703. The number of unbranched alkanes of at least 4 members (excludes halogenated alkanes) is 1. The number of morpholine rings is 1. The van der Waals surface area contributed by atoms with Gasteiger partial charge in [0.1, 0.15) is 30.3 Å². The lowest BCUT2D eigenvalue weighted by Gasteiger charge is -2.30. The van der Waals surface area contributed by atoms with Crippen molar-refractivity contribution in [3.63, 3.8) is 0 Å². The van der Waals surface area contributed by atoms with Gasteiger partial charge in [-0.25, -0.2) is 19.7 Å². The van der Waals surface area contributed by atoms with Gasteiger partial charge >= 0.3 is 18.0 Å². The van der Waals surface area contributed by atoms with Crippen molar-refractivity contribution in [2.24, 2.45) is 11.8 Å². The molecule has 1 aromatic carbocycles. The SMILES string of the molecule is CCC(=O)C1CCC(CN2C(=O)CC(SCCNC(=O)CCCC(=O)OCC(OC)OC(CC)CO)C2=O)CC1.CCC(CO)OC(COC(=O)CCCC(=O)NCCCCNC(=O)Oc1cccc(-c2nc(N3CCOCC3)c3oc4ncccc4c3n2)c1)OC. The average molecular weight is 1310 g/mol. The molecule has 0 radical (unpaired) electrons. The summed E-state index contributed by atoms with van der Waals surface area (Å²) in [7, 11) is 2.85. The van der Waals surface area contributed by atoms with Gasteiger partial charge in [-0.15, -0.1) is 11.8 Å².